The van der Waals surface area contributed by atoms with Gasteiger partial charge in [-0.1, -0.05) is 19.1 Å². The number of aromatic amines is 1. The van der Waals surface area contributed by atoms with E-state index in [1.54, 1.807) is 17.0 Å². The maximum absolute atomic E-state index is 14.4. The van der Waals surface area contributed by atoms with E-state index in [0.29, 0.717) is 12.2 Å². The van der Waals surface area contributed by atoms with Gasteiger partial charge in [0.05, 0.1) is 28.2 Å². The molecule has 3 rings (SSSR count). The van der Waals surface area contributed by atoms with Gasteiger partial charge >= 0.3 is 6.03 Å². The molecule has 1 aliphatic heterocycles. The molecule has 0 atom stereocenters. The number of nitrogens with one attached hydrogen (secondary N) is 3. The van der Waals surface area contributed by atoms with Crippen LogP contribution in [-0.2, 0) is 23.3 Å². The van der Waals surface area contributed by atoms with E-state index in [1.165, 1.54) is 6.07 Å². The molecule has 0 spiro atoms. The molecule has 176 valence electrons. The number of nitrogens with zero attached hydrogens (tertiary/aromatic N) is 2. The standard InChI is InChI=1S/C23H34FN5O2S/c1-9-14-11-10-12-16(24)17(14)25-21(31)29-13-15-18(22(29,2)3)27-28-19(15)26-20(30)23(4,5)32(6,7)8/h10-12H,9,13H2,1-8H3,(H,25,31)(H2,26,27,28,30). The summed E-state index contributed by atoms with van der Waals surface area (Å²) in [6.07, 6.45) is 6.90. The molecule has 0 bridgehead atoms. The first-order valence-electron chi connectivity index (χ1n) is 10.6. The second-order valence-corrected chi connectivity index (χ2v) is 14.6. The number of aryl methyl sites for hydroxylation is 1. The lowest BCUT2D eigenvalue weighted by molar-refractivity contribution is -0.117. The third kappa shape index (κ3) is 3.98. The van der Waals surface area contributed by atoms with Crippen molar-refractivity contribution in [3.63, 3.8) is 0 Å². The van der Waals surface area contributed by atoms with Gasteiger partial charge in [-0.15, -0.1) is 0 Å². The fourth-order valence-electron chi connectivity index (χ4n) is 3.66. The third-order valence-corrected chi connectivity index (χ3v) is 9.98. The Balaban J connectivity index is 1.85. The highest BCUT2D eigenvalue weighted by atomic mass is 32.3. The maximum atomic E-state index is 14.4. The predicted octanol–water partition coefficient (Wildman–Crippen LogP) is 4.81. The number of hydrogen-bond donors (Lipinski definition) is 3. The minimum Gasteiger partial charge on any atom is -0.309 e. The number of urea groups is 1. The molecule has 32 heavy (non-hydrogen) atoms. The van der Waals surface area contributed by atoms with Crippen molar-refractivity contribution in [1.82, 2.24) is 15.1 Å². The van der Waals surface area contributed by atoms with Crippen LogP contribution in [0, 0.1) is 5.82 Å². The van der Waals surface area contributed by atoms with Crippen molar-refractivity contribution in [3.8, 4) is 0 Å². The Bertz CT molecular complexity index is 1060. The van der Waals surface area contributed by atoms with Crippen molar-refractivity contribution in [2.24, 2.45) is 0 Å². The van der Waals surface area contributed by atoms with E-state index in [4.69, 9.17) is 0 Å². The monoisotopic (exact) mass is 463 g/mol. The molecular weight excluding hydrogens is 429 g/mol. The zero-order chi connectivity index (χ0) is 24.1. The largest absolute Gasteiger partial charge is 0.323 e. The molecule has 0 fully saturated rings. The Hall–Kier alpha value is -2.55. The van der Waals surface area contributed by atoms with E-state index in [0.717, 1.165) is 16.8 Å². The number of anilines is 2. The number of amides is 3. The lowest BCUT2D eigenvalue weighted by Crippen LogP contribution is -2.43. The molecule has 1 aromatic heterocycles. The van der Waals surface area contributed by atoms with Gasteiger partial charge < -0.3 is 15.5 Å². The molecule has 1 aliphatic rings. The molecule has 7 nitrogen and oxygen atoms in total. The maximum Gasteiger partial charge on any atom is 0.323 e. The molecule has 2 aromatic rings. The number of carbonyl (C=O) groups is 2. The molecule has 0 saturated heterocycles. The quantitative estimate of drug-likeness (QED) is 0.595. The SMILES string of the molecule is CCc1cccc(F)c1NC(=O)N1Cc2c(NC(=O)C(C)(C)S(C)(C)C)n[nH]c2C1(C)C. The van der Waals surface area contributed by atoms with Crippen LogP contribution in [0.25, 0.3) is 0 Å². The topological polar surface area (TPSA) is 90.1 Å². The molecule has 0 radical (unpaired) electrons. The van der Waals surface area contributed by atoms with Crippen LogP contribution in [0.15, 0.2) is 18.2 Å². The van der Waals surface area contributed by atoms with Crippen molar-refractivity contribution in [3.05, 3.63) is 40.8 Å². The van der Waals surface area contributed by atoms with Crippen molar-refractivity contribution in [2.45, 2.75) is 57.9 Å². The Morgan fingerprint density at radius 1 is 1.25 bits per heavy atom. The Labute approximate surface area is 190 Å². The van der Waals surface area contributed by atoms with Gasteiger partial charge in [-0.3, -0.25) is 9.89 Å². The Kier molecular flexibility index (Phi) is 6.10. The lowest BCUT2D eigenvalue weighted by atomic mass is 10.0. The summed E-state index contributed by atoms with van der Waals surface area (Å²) in [5, 5.41) is 13.0. The van der Waals surface area contributed by atoms with Crippen molar-refractivity contribution >= 4 is 33.5 Å². The summed E-state index contributed by atoms with van der Waals surface area (Å²) >= 11 is 0. The molecule has 0 unspecified atom stereocenters. The number of benzene rings is 1. The average Bonchev–Trinajstić information content (AvgIpc) is 3.20. The normalized spacial score (nSPS) is 16.0. The van der Waals surface area contributed by atoms with Crippen molar-refractivity contribution in [1.29, 1.82) is 0 Å². The minimum atomic E-state index is -1.17. The molecule has 0 saturated carbocycles. The fraction of sp³-hybridized carbons (Fsp3) is 0.522. The van der Waals surface area contributed by atoms with Crippen LogP contribution in [0.1, 0.15) is 51.4 Å². The first kappa shape index (κ1) is 24.1. The summed E-state index contributed by atoms with van der Waals surface area (Å²) in [6, 6.07) is 4.36. The number of aromatic nitrogens is 2. The second-order valence-electron chi connectivity index (χ2n) is 9.93. The van der Waals surface area contributed by atoms with Gasteiger partial charge in [-0.25, -0.2) is 19.2 Å². The molecule has 3 amide bonds. The van der Waals surface area contributed by atoms with Gasteiger partial charge in [0.15, 0.2) is 5.82 Å². The first-order valence-corrected chi connectivity index (χ1v) is 13.5. The number of para-hydroxylation sites is 1. The van der Waals surface area contributed by atoms with Crippen molar-refractivity contribution < 1.29 is 14.0 Å². The molecule has 0 aliphatic carbocycles. The van der Waals surface area contributed by atoms with Crippen LogP contribution >= 0.6 is 10.0 Å². The molecule has 3 N–H and O–H groups in total. The molecular formula is C23H34FN5O2S. The van der Waals surface area contributed by atoms with Gasteiger partial charge in [0.2, 0.25) is 5.91 Å². The number of rotatable bonds is 5. The lowest BCUT2D eigenvalue weighted by Gasteiger charge is -2.41. The number of hydrogen-bond acceptors (Lipinski definition) is 3. The van der Waals surface area contributed by atoms with E-state index in [-0.39, 0.29) is 18.1 Å². The zero-order valence-corrected chi connectivity index (χ0v) is 21.0. The van der Waals surface area contributed by atoms with E-state index < -0.39 is 32.2 Å². The number of H-pyrrole nitrogens is 1. The van der Waals surface area contributed by atoms with Gasteiger partial charge in [-0.2, -0.15) is 5.10 Å². The van der Waals surface area contributed by atoms with E-state index in [2.05, 4.69) is 39.6 Å². The number of fused-ring (bicyclic) bond motifs is 1. The summed E-state index contributed by atoms with van der Waals surface area (Å²) < 4.78 is 13.9. The molecule has 2 heterocycles. The van der Waals surface area contributed by atoms with Crippen LogP contribution in [0.2, 0.25) is 0 Å². The van der Waals surface area contributed by atoms with E-state index in [1.807, 2.05) is 34.6 Å². The zero-order valence-electron chi connectivity index (χ0n) is 20.1. The summed E-state index contributed by atoms with van der Waals surface area (Å²) in [4.78, 5) is 27.8. The van der Waals surface area contributed by atoms with Crippen LogP contribution < -0.4 is 10.6 Å². The van der Waals surface area contributed by atoms with Crippen LogP contribution in [0.5, 0.6) is 0 Å². The summed E-state index contributed by atoms with van der Waals surface area (Å²) in [6.45, 7) is 9.83. The van der Waals surface area contributed by atoms with E-state index in [9.17, 15) is 14.0 Å². The minimum absolute atomic E-state index is 0.103. The van der Waals surface area contributed by atoms with Gasteiger partial charge in [0.25, 0.3) is 0 Å². The van der Waals surface area contributed by atoms with Gasteiger partial charge in [0.1, 0.15) is 5.82 Å². The number of carbonyl (C=O) groups excluding carboxylic acids is 2. The Morgan fingerprint density at radius 2 is 1.91 bits per heavy atom. The fourth-order valence-corrected chi connectivity index (χ4v) is 4.27. The average molecular weight is 464 g/mol. The van der Waals surface area contributed by atoms with Crippen LogP contribution in [-0.4, -0.2) is 50.5 Å². The Morgan fingerprint density at radius 3 is 2.50 bits per heavy atom. The molecule has 9 heteroatoms. The summed E-state index contributed by atoms with van der Waals surface area (Å²) in [5.41, 5.74) is 1.75. The van der Waals surface area contributed by atoms with E-state index >= 15 is 0 Å². The highest BCUT2D eigenvalue weighted by molar-refractivity contribution is 8.33. The highest BCUT2D eigenvalue weighted by Crippen LogP contribution is 2.50. The first-order chi connectivity index (χ1) is 14.7. The molecule has 1 aromatic carbocycles. The van der Waals surface area contributed by atoms with Crippen molar-refractivity contribution in [2.75, 3.05) is 29.4 Å². The highest BCUT2D eigenvalue weighted by Gasteiger charge is 2.45. The summed E-state index contributed by atoms with van der Waals surface area (Å²) in [5.74, 6) is -0.131. The summed E-state index contributed by atoms with van der Waals surface area (Å²) in [7, 11) is -1.17. The number of halogens is 1. The smallest absolute Gasteiger partial charge is 0.309 e. The second kappa shape index (κ2) is 8.10. The van der Waals surface area contributed by atoms with Gasteiger partial charge in [-0.05, 0) is 64.5 Å². The third-order valence-electron chi connectivity index (χ3n) is 6.74. The predicted molar refractivity (Wildman–Crippen MR) is 130 cm³/mol. The van der Waals surface area contributed by atoms with Crippen LogP contribution in [0.3, 0.4) is 0 Å². The van der Waals surface area contributed by atoms with Gasteiger partial charge in [0, 0.05) is 5.56 Å². The van der Waals surface area contributed by atoms with Crippen LogP contribution in [0.4, 0.5) is 20.7 Å².